The van der Waals surface area contributed by atoms with Crippen molar-refractivity contribution < 1.29 is 9.53 Å². The first-order chi connectivity index (χ1) is 15.0. The quantitative estimate of drug-likeness (QED) is 0.325. The molecule has 4 aromatic rings. The van der Waals surface area contributed by atoms with E-state index in [1.54, 1.807) is 17.4 Å². The Hall–Kier alpha value is -2.89. The zero-order valence-corrected chi connectivity index (χ0v) is 19.0. The summed E-state index contributed by atoms with van der Waals surface area (Å²) in [6, 6.07) is 21.4. The number of halogens is 1. The number of hydrogen-bond acceptors (Lipinski definition) is 4. The zero-order valence-electron chi connectivity index (χ0n) is 17.4. The van der Waals surface area contributed by atoms with Gasteiger partial charge in [0.05, 0.1) is 20.9 Å². The number of benzene rings is 3. The fraction of sp³-hybridized carbons (Fsp3) is 0.200. The predicted octanol–water partition coefficient (Wildman–Crippen LogP) is 7.15. The SMILES string of the molecule is CCC(C)c1ccc(OCC(=O)Nc2cc(-c3nc4ccccc4s3)ccc2Cl)cc1. The highest BCUT2D eigenvalue weighted by Crippen LogP contribution is 2.33. The van der Waals surface area contributed by atoms with Crippen LogP contribution < -0.4 is 10.1 Å². The topological polar surface area (TPSA) is 51.2 Å². The van der Waals surface area contributed by atoms with Gasteiger partial charge < -0.3 is 10.1 Å². The van der Waals surface area contributed by atoms with E-state index in [0.29, 0.717) is 22.4 Å². The van der Waals surface area contributed by atoms with Gasteiger partial charge in [-0.25, -0.2) is 4.98 Å². The van der Waals surface area contributed by atoms with Gasteiger partial charge in [0, 0.05) is 5.56 Å². The maximum atomic E-state index is 12.4. The lowest BCUT2D eigenvalue weighted by Crippen LogP contribution is -2.20. The van der Waals surface area contributed by atoms with Crippen molar-refractivity contribution in [1.82, 2.24) is 4.98 Å². The lowest BCUT2D eigenvalue weighted by atomic mass is 9.99. The molecule has 0 radical (unpaired) electrons. The van der Waals surface area contributed by atoms with Crippen LogP contribution in [0.4, 0.5) is 5.69 Å². The third kappa shape index (κ3) is 5.06. The number of carbonyl (C=O) groups is 1. The molecular formula is C25H23ClN2O2S. The van der Waals surface area contributed by atoms with Crippen molar-refractivity contribution >= 4 is 44.7 Å². The van der Waals surface area contributed by atoms with E-state index >= 15 is 0 Å². The Morgan fingerprint density at radius 3 is 2.65 bits per heavy atom. The largest absolute Gasteiger partial charge is 0.484 e. The zero-order chi connectivity index (χ0) is 21.8. The van der Waals surface area contributed by atoms with E-state index in [4.69, 9.17) is 16.3 Å². The van der Waals surface area contributed by atoms with Crippen LogP contribution in [0, 0.1) is 0 Å². The van der Waals surface area contributed by atoms with E-state index in [2.05, 4.69) is 24.1 Å². The molecule has 3 aromatic carbocycles. The summed E-state index contributed by atoms with van der Waals surface area (Å²) in [6.45, 7) is 4.26. The molecule has 0 saturated heterocycles. The molecule has 31 heavy (non-hydrogen) atoms. The number of amides is 1. The van der Waals surface area contributed by atoms with Crippen LogP contribution in [-0.2, 0) is 4.79 Å². The Balaban J connectivity index is 1.42. The van der Waals surface area contributed by atoms with Crippen molar-refractivity contribution in [2.45, 2.75) is 26.2 Å². The molecule has 0 spiro atoms. The standard InChI is InChI=1S/C25H23ClN2O2S/c1-3-16(2)17-8-11-19(12-9-17)30-15-24(29)27-22-14-18(10-13-20(22)26)25-28-21-6-4-5-7-23(21)31-25/h4-14,16H,3,15H2,1-2H3,(H,27,29). The first-order valence-electron chi connectivity index (χ1n) is 10.2. The molecule has 1 atom stereocenters. The van der Waals surface area contributed by atoms with Crippen molar-refractivity contribution in [3.05, 3.63) is 77.3 Å². The highest BCUT2D eigenvalue weighted by atomic mass is 35.5. The molecule has 0 fully saturated rings. The number of thiazole rings is 1. The van der Waals surface area contributed by atoms with Crippen molar-refractivity contribution in [3.63, 3.8) is 0 Å². The molecule has 6 heteroatoms. The highest BCUT2D eigenvalue weighted by molar-refractivity contribution is 7.21. The maximum absolute atomic E-state index is 12.4. The Bertz CT molecular complexity index is 1170. The molecule has 0 saturated carbocycles. The summed E-state index contributed by atoms with van der Waals surface area (Å²) in [6.07, 6.45) is 1.08. The first kappa shape index (κ1) is 21.3. The molecule has 158 valence electrons. The second-order valence-electron chi connectivity index (χ2n) is 7.40. The number of ether oxygens (including phenoxy) is 1. The molecule has 0 aliphatic heterocycles. The molecule has 1 unspecified atom stereocenters. The predicted molar refractivity (Wildman–Crippen MR) is 129 cm³/mol. The minimum absolute atomic E-state index is 0.0929. The van der Waals surface area contributed by atoms with Crippen molar-refractivity contribution in [2.75, 3.05) is 11.9 Å². The molecule has 4 rings (SSSR count). The van der Waals surface area contributed by atoms with Crippen LogP contribution in [0.3, 0.4) is 0 Å². The smallest absolute Gasteiger partial charge is 0.262 e. The Kier molecular flexibility index (Phi) is 6.54. The number of aromatic nitrogens is 1. The van der Waals surface area contributed by atoms with Gasteiger partial charge in [-0.2, -0.15) is 0 Å². The van der Waals surface area contributed by atoms with E-state index in [-0.39, 0.29) is 12.5 Å². The number of carbonyl (C=O) groups excluding carboxylic acids is 1. The summed E-state index contributed by atoms with van der Waals surface area (Å²) in [7, 11) is 0. The average molecular weight is 451 g/mol. The fourth-order valence-corrected chi connectivity index (χ4v) is 4.34. The van der Waals surface area contributed by atoms with E-state index in [1.165, 1.54) is 5.56 Å². The van der Waals surface area contributed by atoms with Crippen LogP contribution in [0.2, 0.25) is 5.02 Å². The molecule has 0 aliphatic rings. The van der Waals surface area contributed by atoms with E-state index in [1.807, 2.05) is 60.7 Å². The summed E-state index contributed by atoms with van der Waals surface area (Å²) >= 11 is 7.92. The van der Waals surface area contributed by atoms with Gasteiger partial charge >= 0.3 is 0 Å². The van der Waals surface area contributed by atoms with Gasteiger partial charge in [-0.1, -0.05) is 55.8 Å². The van der Waals surface area contributed by atoms with Gasteiger partial charge in [0.2, 0.25) is 0 Å². The number of para-hydroxylation sites is 1. The number of anilines is 1. The molecule has 1 amide bonds. The van der Waals surface area contributed by atoms with Crippen molar-refractivity contribution in [1.29, 1.82) is 0 Å². The first-order valence-corrected chi connectivity index (χ1v) is 11.4. The molecule has 1 heterocycles. The molecule has 0 aliphatic carbocycles. The van der Waals surface area contributed by atoms with Gasteiger partial charge in [-0.15, -0.1) is 11.3 Å². The summed E-state index contributed by atoms with van der Waals surface area (Å²) in [5.41, 5.74) is 3.66. The number of nitrogens with zero attached hydrogens (tertiary/aromatic N) is 1. The molecule has 4 nitrogen and oxygen atoms in total. The summed E-state index contributed by atoms with van der Waals surface area (Å²) in [5, 5.41) is 4.19. The molecule has 1 N–H and O–H groups in total. The van der Waals surface area contributed by atoms with E-state index in [9.17, 15) is 4.79 Å². The number of hydrogen-bond donors (Lipinski definition) is 1. The van der Waals surface area contributed by atoms with Gasteiger partial charge in [-0.3, -0.25) is 4.79 Å². The Morgan fingerprint density at radius 1 is 1.13 bits per heavy atom. The molecular weight excluding hydrogens is 428 g/mol. The fourth-order valence-electron chi connectivity index (χ4n) is 3.21. The minimum Gasteiger partial charge on any atom is -0.484 e. The second kappa shape index (κ2) is 9.50. The molecule has 0 bridgehead atoms. The number of fused-ring (bicyclic) bond motifs is 1. The minimum atomic E-state index is -0.269. The van der Waals surface area contributed by atoms with Gasteiger partial charge in [0.1, 0.15) is 10.8 Å². The average Bonchev–Trinajstić information content (AvgIpc) is 3.23. The van der Waals surface area contributed by atoms with Gasteiger partial charge in [0.15, 0.2) is 6.61 Å². The summed E-state index contributed by atoms with van der Waals surface area (Å²) in [4.78, 5) is 17.1. The van der Waals surface area contributed by atoms with Crippen LogP contribution >= 0.6 is 22.9 Å². The Labute approximate surface area is 190 Å². The van der Waals surface area contributed by atoms with Gasteiger partial charge in [-0.05, 0) is 54.3 Å². The maximum Gasteiger partial charge on any atom is 0.262 e. The van der Waals surface area contributed by atoms with Gasteiger partial charge in [0.25, 0.3) is 5.91 Å². The lowest BCUT2D eigenvalue weighted by molar-refractivity contribution is -0.118. The van der Waals surface area contributed by atoms with Crippen LogP contribution in [0.5, 0.6) is 5.75 Å². The second-order valence-corrected chi connectivity index (χ2v) is 8.83. The number of nitrogens with one attached hydrogen (secondary N) is 1. The lowest BCUT2D eigenvalue weighted by Gasteiger charge is -2.12. The molecule has 1 aromatic heterocycles. The normalized spacial score (nSPS) is 12.0. The third-order valence-corrected chi connectivity index (χ3v) is 6.63. The van der Waals surface area contributed by atoms with E-state index in [0.717, 1.165) is 27.2 Å². The highest BCUT2D eigenvalue weighted by Gasteiger charge is 2.12. The monoisotopic (exact) mass is 450 g/mol. The van der Waals surface area contributed by atoms with Crippen LogP contribution in [-0.4, -0.2) is 17.5 Å². The van der Waals surface area contributed by atoms with Crippen molar-refractivity contribution in [3.8, 4) is 16.3 Å². The van der Waals surface area contributed by atoms with Crippen LogP contribution in [0.1, 0.15) is 31.7 Å². The number of rotatable bonds is 7. The van der Waals surface area contributed by atoms with Crippen LogP contribution in [0.25, 0.3) is 20.8 Å². The van der Waals surface area contributed by atoms with E-state index < -0.39 is 0 Å². The summed E-state index contributed by atoms with van der Waals surface area (Å²) < 4.78 is 6.75. The van der Waals surface area contributed by atoms with Crippen molar-refractivity contribution in [2.24, 2.45) is 0 Å². The third-order valence-electron chi connectivity index (χ3n) is 5.21. The van der Waals surface area contributed by atoms with Crippen LogP contribution in [0.15, 0.2) is 66.7 Å². The Morgan fingerprint density at radius 2 is 1.90 bits per heavy atom. The summed E-state index contributed by atoms with van der Waals surface area (Å²) in [5.74, 6) is 0.896.